The molecule has 0 aliphatic heterocycles. The van der Waals surface area contributed by atoms with E-state index >= 15 is 0 Å². The smallest absolute Gasteiger partial charge is 0.359 e. The fourth-order valence-electron chi connectivity index (χ4n) is 3.62. The van der Waals surface area contributed by atoms with Gasteiger partial charge in [0.1, 0.15) is 0 Å². The van der Waals surface area contributed by atoms with E-state index in [0.717, 1.165) is 48.7 Å². The Morgan fingerprint density at radius 1 is 0.919 bits per heavy atom. The fourth-order valence-corrected chi connectivity index (χ4v) is 7.75. The minimum atomic E-state index is -0.854. The zero-order chi connectivity index (χ0) is 27.4. The Morgan fingerprint density at radius 3 is 2.19 bits per heavy atom. The molecule has 0 aromatic carbocycles. The first-order valence-electron chi connectivity index (χ1n) is 12.2. The molecule has 0 aliphatic rings. The van der Waals surface area contributed by atoms with Crippen LogP contribution in [0.2, 0.25) is 0 Å². The highest BCUT2D eigenvalue weighted by atomic mass is 33.1. The van der Waals surface area contributed by atoms with Crippen molar-refractivity contribution in [3.8, 4) is 9.75 Å². The van der Waals surface area contributed by atoms with Crippen LogP contribution in [0.25, 0.3) is 9.75 Å². The Hall–Kier alpha value is -1.57. The number of carboxylic acid groups (broad SMARTS) is 1. The van der Waals surface area contributed by atoms with E-state index in [1.807, 2.05) is 35.0 Å². The van der Waals surface area contributed by atoms with Crippen LogP contribution in [0, 0.1) is 13.8 Å². The second-order valence-electron chi connectivity index (χ2n) is 9.42. The van der Waals surface area contributed by atoms with Gasteiger partial charge in [-0.25, -0.2) is 4.79 Å². The number of amides is 2. The van der Waals surface area contributed by atoms with Crippen molar-refractivity contribution < 1.29 is 24.0 Å². The molecule has 4 N–H and O–H groups in total. The van der Waals surface area contributed by atoms with E-state index in [2.05, 4.69) is 28.1 Å². The summed E-state index contributed by atoms with van der Waals surface area (Å²) in [6, 6.07) is 4.15. The first kappa shape index (κ1) is 31.6. The lowest BCUT2D eigenvalue weighted by Gasteiger charge is -2.27. The van der Waals surface area contributed by atoms with Crippen LogP contribution in [0.3, 0.4) is 0 Å². The molecule has 0 spiro atoms. The molecular weight excluding hydrogens is 549 g/mol. The average Bonchev–Trinajstić information content (AvgIpc) is 3.33. The van der Waals surface area contributed by atoms with Gasteiger partial charge in [-0.1, -0.05) is 21.6 Å². The normalized spacial score (nSPS) is 11.5. The number of hydrogen-bond acceptors (Lipinski definition) is 8. The summed E-state index contributed by atoms with van der Waals surface area (Å²) in [4.78, 5) is 40.5. The second kappa shape index (κ2) is 15.7. The summed E-state index contributed by atoms with van der Waals surface area (Å²) in [5.74, 6) is 1.01. The molecule has 0 fully saturated rings. The molecule has 0 radical (unpaired) electrons. The van der Waals surface area contributed by atoms with Crippen LogP contribution in [0.4, 0.5) is 0 Å². The lowest BCUT2D eigenvalue weighted by atomic mass is 10.1. The summed E-state index contributed by atoms with van der Waals surface area (Å²) in [6.07, 6.45) is 0.618. The number of rotatable bonds is 17. The van der Waals surface area contributed by atoms with E-state index in [1.165, 1.54) is 0 Å². The van der Waals surface area contributed by atoms with Crippen LogP contribution in [0.15, 0.2) is 12.1 Å². The third kappa shape index (κ3) is 11.8. The maximum absolute atomic E-state index is 12.6. The van der Waals surface area contributed by atoms with E-state index in [-0.39, 0.29) is 24.8 Å². The van der Waals surface area contributed by atoms with Crippen LogP contribution in [-0.4, -0.2) is 92.7 Å². The zero-order valence-corrected chi connectivity index (χ0v) is 25.5. The number of carboxylic acids is 1. The first-order chi connectivity index (χ1) is 17.5. The van der Waals surface area contributed by atoms with Gasteiger partial charge in [0.25, 0.3) is 0 Å². The number of nitrogens with zero attached hydrogens (tertiary/aromatic N) is 1. The Kier molecular flexibility index (Phi) is 13.5. The van der Waals surface area contributed by atoms with E-state index in [4.69, 9.17) is 5.11 Å². The third-order valence-corrected chi connectivity index (χ3v) is 10.3. The Bertz CT molecular complexity index is 1050. The van der Waals surface area contributed by atoms with Crippen molar-refractivity contribution >= 4 is 62.0 Å². The van der Waals surface area contributed by atoms with E-state index in [1.54, 1.807) is 44.3 Å². The Morgan fingerprint density at radius 2 is 1.54 bits per heavy atom. The first-order valence-corrected chi connectivity index (χ1v) is 16.3. The van der Waals surface area contributed by atoms with Crippen LogP contribution in [0.5, 0.6) is 0 Å². The predicted molar refractivity (Wildman–Crippen MR) is 159 cm³/mol. The molecule has 206 valence electrons. The summed E-state index contributed by atoms with van der Waals surface area (Å²) < 4.78 is 0.305. The van der Waals surface area contributed by atoms with Crippen molar-refractivity contribution in [3.63, 3.8) is 0 Å². The van der Waals surface area contributed by atoms with Gasteiger partial charge in [-0.2, -0.15) is 0 Å². The number of likely N-dealkylation sites (N-methyl/N-ethyl adjacent to an activating group) is 1. The minimum Gasteiger partial charge on any atom is -0.477 e. The van der Waals surface area contributed by atoms with Crippen molar-refractivity contribution in [2.45, 2.75) is 26.7 Å². The van der Waals surface area contributed by atoms with Crippen LogP contribution < -0.4 is 16.0 Å². The summed E-state index contributed by atoms with van der Waals surface area (Å²) in [6.45, 7) is 6.67. The number of hydrogen-bond donors (Lipinski definition) is 4. The van der Waals surface area contributed by atoms with Gasteiger partial charge >= 0.3 is 5.97 Å². The van der Waals surface area contributed by atoms with Gasteiger partial charge in [0, 0.05) is 44.1 Å². The van der Waals surface area contributed by atoms with Crippen molar-refractivity contribution in [3.05, 3.63) is 33.0 Å². The molecule has 2 amide bonds. The van der Waals surface area contributed by atoms with Gasteiger partial charge in [-0.3, -0.25) is 9.59 Å². The van der Waals surface area contributed by atoms with Gasteiger partial charge < -0.3 is 25.5 Å². The van der Waals surface area contributed by atoms with Crippen molar-refractivity contribution in [2.24, 2.45) is 0 Å². The highest BCUT2D eigenvalue weighted by Gasteiger charge is 2.20. The fraction of sp³-hybridized carbons (Fsp3) is 0.560. The van der Waals surface area contributed by atoms with E-state index < -0.39 is 5.97 Å². The van der Waals surface area contributed by atoms with Crippen molar-refractivity contribution in [1.82, 2.24) is 16.0 Å². The number of thiophene rings is 2. The number of quaternary nitrogens is 1. The zero-order valence-electron chi connectivity index (χ0n) is 22.3. The largest absolute Gasteiger partial charge is 0.477 e. The van der Waals surface area contributed by atoms with Crippen molar-refractivity contribution in [1.29, 1.82) is 0 Å². The third-order valence-electron chi connectivity index (χ3n) is 5.51. The highest BCUT2D eigenvalue weighted by Crippen LogP contribution is 2.39. The maximum atomic E-state index is 12.6. The molecule has 2 aromatic rings. The Labute approximate surface area is 236 Å². The van der Waals surface area contributed by atoms with Crippen LogP contribution >= 0.6 is 44.3 Å². The number of aryl methyl sites for hydroxylation is 2. The number of nitrogens with one attached hydrogen (secondary N) is 3. The Balaban J connectivity index is 1.91. The molecule has 37 heavy (non-hydrogen) atoms. The molecule has 2 aromatic heterocycles. The van der Waals surface area contributed by atoms with E-state index in [9.17, 15) is 14.4 Å². The molecule has 0 aliphatic carbocycles. The van der Waals surface area contributed by atoms with Crippen LogP contribution in [0.1, 0.15) is 20.9 Å². The number of carbonyl (C=O) groups excluding carboxylic acids is 2. The number of aliphatic carboxylic acids is 1. The molecule has 2 rings (SSSR count). The molecule has 2 heterocycles. The molecule has 0 atom stereocenters. The molecule has 0 bridgehead atoms. The lowest BCUT2D eigenvalue weighted by molar-refractivity contribution is -0.881. The summed E-state index contributed by atoms with van der Waals surface area (Å²) in [7, 11) is 9.19. The van der Waals surface area contributed by atoms with Gasteiger partial charge in [0.15, 0.2) is 6.54 Å². The van der Waals surface area contributed by atoms with Crippen molar-refractivity contribution in [2.75, 3.05) is 65.4 Å². The highest BCUT2D eigenvalue weighted by molar-refractivity contribution is 8.76. The van der Waals surface area contributed by atoms with Gasteiger partial charge in [0.2, 0.25) is 11.8 Å². The van der Waals surface area contributed by atoms with Gasteiger partial charge in [-0.05, 0) is 44.2 Å². The average molecular weight is 588 g/mol. The summed E-state index contributed by atoms with van der Waals surface area (Å²) >= 11 is 3.33. The van der Waals surface area contributed by atoms with Gasteiger partial charge in [0.05, 0.1) is 40.0 Å². The quantitative estimate of drug-likeness (QED) is 0.128. The van der Waals surface area contributed by atoms with E-state index in [0.29, 0.717) is 30.5 Å². The van der Waals surface area contributed by atoms with Gasteiger partial charge in [-0.15, -0.1) is 22.7 Å². The SMILES string of the molecule is CNCCSSCCNC(=O)Cc1cc(C)sc1-c1cc(CC(=O)NCC[N+](C)(C)CC(=O)O)c(C)s1. The summed E-state index contributed by atoms with van der Waals surface area (Å²) in [5.41, 5.74) is 2.00. The molecular formula is C25H39N4O4S4+. The minimum absolute atomic E-state index is 0.0124. The molecule has 0 saturated carbocycles. The number of carbonyl (C=O) groups is 3. The molecule has 0 saturated heterocycles. The molecule has 0 unspecified atom stereocenters. The standard InChI is InChI=1S/C25H38N4O4S4/c1-17-12-20(15-23(31)28-8-11-35-34-10-7-26-3)25(36-17)21-13-19(18(2)37-21)14-22(30)27-6-9-29(4,5)16-24(32)33/h12-13,26H,6-11,14-16H2,1-5H3,(H2-,27,28,30,31,32,33)/p+1. The topological polar surface area (TPSA) is 108 Å². The molecule has 8 nitrogen and oxygen atoms in total. The van der Waals surface area contributed by atoms with Crippen LogP contribution in [-0.2, 0) is 27.2 Å². The lowest BCUT2D eigenvalue weighted by Crippen LogP contribution is -2.48. The predicted octanol–water partition coefficient (Wildman–Crippen LogP) is 3.17. The molecule has 12 heteroatoms. The monoisotopic (exact) mass is 587 g/mol. The summed E-state index contributed by atoms with van der Waals surface area (Å²) in [5, 5.41) is 18.1. The second-order valence-corrected chi connectivity index (χ2v) is 14.6. The maximum Gasteiger partial charge on any atom is 0.359 e.